The molecule has 0 aliphatic rings. The standard InChI is InChI=1S/C16H26O5S/c1-14-5-7-15(8-6-14)22(17,18)21-12-11-19-9-10-20-13-16(2,3)4/h5-8H,9-13H2,1-4H3. The van der Waals surface area contributed by atoms with Crippen molar-refractivity contribution in [2.75, 3.05) is 33.0 Å². The Balaban J connectivity index is 2.17. The molecule has 1 aromatic rings. The van der Waals surface area contributed by atoms with Gasteiger partial charge in [0.05, 0.1) is 37.9 Å². The molecule has 1 aromatic carbocycles. The summed E-state index contributed by atoms with van der Waals surface area (Å²) in [6.07, 6.45) is 0. The van der Waals surface area contributed by atoms with Crippen LogP contribution < -0.4 is 0 Å². The number of aryl methyl sites for hydroxylation is 1. The molecule has 0 aliphatic heterocycles. The van der Waals surface area contributed by atoms with Crippen LogP contribution in [0.5, 0.6) is 0 Å². The van der Waals surface area contributed by atoms with Crippen molar-refractivity contribution in [3.8, 4) is 0 Å². The van der Waals surface area contributed by atoms with E-state index in [-0.39, 0.29) is 23.5 Å². The first-order chi connectivity index (χ1) is 10.2. The van der Waals surface area contributed by atoms with E-state index in [2.05, 4.69) is 20.8 Å². The molecule has 0 atom stereocenters. The number of hydrogen-bond acceptors (Lipinski definition) is 5. The van der Waals surface area contributed by atoms with Gasteiger partial charge >= 0.3 is 0 Å². The molecule has 1 rings (SSSR count). The summed E-state index contributed by atoms with van der Waals surface area (Å²) < 4.78 is 39.4. The van der Waals surface area contributed by atoms with Crippen LogP contribution in [-0.4, -0.2) is 41.5 Å². The van der Waals surface area contributed by atoms with Crippen LogP contribution in [0.25, 0.3) is 0 Å². The number of benzene rings is 1. The summed E-state index contributed by atoms with van der Waals surface area (Å²) in [7, 11) is -3.71. The molecule has 0 heterocycles. The molecule has 0 spiro atoms. The van der Waals surface area contributed by atoms with Crippen molar-refractivity contribution in [3.63, 3.8) is 0 Å². The SMILES string of the molecule is Cc1ccc(S(=O)(=O)OCCOCCOCC(C)(C)C)cc1. The van der Waals surface area contributed by atoms with Crippen LogP contribution in [0.4, 0.5) is 0 Å². The second kappa shape index (κ2) is 8.62. The van der Waals surface area contributed by atoms with Gasteiger partial charge in [-0.15, -0.1) is 0 Å². The third-order valence-electron chi connectivity index (χ3n) is 2.68. The van der Waals surface area contributed by atoms with Crippen LogP contribution in [0.2, 0.25) is 0 Å². The van der Waals surface area contributed by atoms with Gasteiger partial charge < -0.3 is 9.47 Å². The van der Waals surface area contributed by atoms with Crippen molar-refractivity contribution in [3.05, 3.63) is 29.8 Å². The van der Waals surface area contributed by atoms with Crippen LogP contribution in [-0.2, 0) is 23.8 Å². The lowest BCUT2D eigenvalue weighted by molar-refractivity contribution is 0.0131. The summed E-state index contributed by atoms with van der Waals surface area (Å²) in [4.78, 5) is 0.159. The summed E-state index contributed by atoms with van der Waals surface area (Å²) in [6, 6.07) is 6.54. The van der Waals surface area contributed by atoms with Crippen LogP contribution in [0.1, 0.15) is 26.3 Å². The molecule has 0 saturated carbocycles. The van der Waals surface area contributed by atoms with E-state index in [0.29, 0.717) is 19.8 Å². The molecule has 6 heteroatoms. The number of ether oxygens (including phenoxy) is 2. The second-order valence-corrected chi connectivity index (χ2v) is 7.93. The van der Waals surface area contributed by atoms with E-state index >= 15 is 0 Å². The zero-order chi connectivity index (χ0) is 16.6. The zero-order valence-corrected chi connectivity index (χ0v) is 14.6. The van der Waals surface area contributed by atoms with E-state index in [4.69, 9.17) is 13.7 Å². The third kappa shape index (κ3) is 7.89. The molecule has 5 nitrogen and oxygen atoms in total. The molecule has 22 heavy (non-hydrogen) atoms. The molecule has 0 radical (unpaired) electrons. The fourth-order valence-electron chi connectivity index (χ4n) is 1.57. The molecule has 0 saturated heterocycles. The molecule has 0 aliphatic carbocycles. The highest BCUT2D eigenvalue weighted by atomic mass is 32.2. The van der Waals surface area contributed by atoms with Crippen LogP contribution >= 0.6 is 0 Å². The number of rotatable bonds is 9. The Bertz CT molecular complexity index is 529. The van der Waals surface area contributed by atoms with Gasteiger partial charge in [-0.25, -0.2) is 0 Å². The summed E-state index contributed by atoms with van der Waals surface area (Å²) >= 11 is 0. The first-order valence-electron chi connectivity index (χ1n) is 7.32. The van der Waals surface area contributed by atoms with Crippen LogP contribution in [0.3, 0.4) is 0 Å². The molecule has 126 valence electrons. The van der Waals surface area contributed by atoms with Gasteiger partial charge in [-0.3, -0.25) is 4.18 Å². The van der Waals surface area contributed by atoms with Gasteiger partial charge in [-0.1, -0.05) is 38.5 Å². The molecule has 0 amide bonds. The van der Waals surface area contributed by atoms with Gasteiger partial charge in [0.1, 0.15) is 0 Å². The predicted octanol–water partition coefficient (Wildman–Crippen LogP) is 2.78. The normalized spacial score (nSPS) is 12.5. The fraction of sp³-hybridized carbons (Fsp3) is 0.625. The first-order valence-corrected chi connectivity index (χ1v) is 8.73. The molecular formula is C16H26O5S. The van der Waals surface area contributed by atoms with Gasteiger partial charge in [0.15, 0.2) is 0 Å². The molecular weight excluding hydrogens is 304 g/mol. The minimum absolute atomic E-state index is 0.00448. The molecule has 0 N–H and O–H groups in total. The topological polar surface area (TPSA) is 61.8 Å². The van der Waals surface area contributed by atoms with Gasteiger partial charge in [0.2, 0.25) is 0 Å². The van der Waals surface area contributed by atoms with E-state index < -0.39 is 10.1 Å². The molecule has 0 fully saturated rings. The third-order valence-corrected chi connectivity index (χ3v) is 4.01. The Hall–Kier alpha value is -0.950. The molecule has 0 bridgehead atoms. The molecule has 0 aromatic heterocycles. The van der Waals surface area contributed by atoms with Crippen LogP contribution in [0.15, 0.2) is 29.2 Å². The Morgan fingerprint density at radius 3 is 2.05 bits per heavy atom. The van der Waals surface area contributed by atoms with Gasteiger partial charge in [-0.2, -0.15) is 8.42 Å². The van der Waals surface area contributed by atoms with Crippen molar-refractivity contribution in [1.82, 2.24) is 0 Å². The summed E-state index contributed by atoms with van der Waals surface area (Å²) in [5, 5.41) is 0. The Kier molecular flexibility index (Phi) is 7.48. The van der Waals surface area contributed by atoms with Crippen LogP contribution in [0, 0.1) is 12.3 Å². The van der Waals surface area contributed by atoms with E-state index in [1.165, 1.54) is 12.1 Å². The average Bonchev–Trinajstić information content (AvgIpc) is 2.41. The number of hydrogen-bond donors (Lipinski definition) is 0. The van der Waals surface area contributed by atoms with Crippen molar-refractivity contribution in [2.24, 2.45) is 5.41 Å². The van der Waals surface area contributed by atoms with E-state index in [1.807, 2.05) is 6.92 Å². The minimum atomic E-state index is -3.71. The zero-order valence-electron chi connectivity index (χ0n) is 13.8. The highest BCUT2D eigenvalue weighted by molar-refractivity contribution is 7.86. The lowest BCUT2D eigenvalue weighted by Crippen LogP contribution is -2.18. The molecule has 0 unspecified atom stereocenters. The predicted molar refractivity (Wildman–Crippen MR) is 85.4 cm³/mol. The second-order valence-electron chi connectivity index (χ2n) is 6.31. The maximum Gasteiger partial charge on any atom is 0.297 e. The van der Waals surface area contributed by atoms with E-state index in [1.54, 1.807) is 12.1 Å². The lowest BCUT2D eigenvalue weighted by atomic mass is 9.99. The smallest absolute Gasteiger partial charge is 0.297 e. The van der Waals surface area contributed by atoms with Crippen molar-refractivity contribution in [1.29, 1.82) is 0 Å². The maximum atomic E-state index is 11.9. The summed E-state index contributed by atoms with van der Waals surface area (Å²) in [5.74, 6) is 0. The van der Waals surface area contributed by atoms with Gasteiger partial charge in [-0.05, 0) is 24.5 Å². The maximum absolute atomic E-state index is 11.9. The van der Waals surface area contributed by atoms with E-state index in [0.717, 1.165) is 5.56 Å². The Labute approximate surface area is 133 Å². The van der Waals surface area contributed by atoms with Crippen molar-refractivity contribution >= 4 is 10.1 Å². The average molecular weight is 330 g/mol. The summed E-state index contributed by atoms with van der Waals surface area (Å²) in [5.41, 5.74) is 1.13. The Morgan fingerprint density at radius 2 is 1.45 bits per heavy atom. The monoisotopic (exact) mass is 330 g/mol. The fourth-order valence-corrected chi connectivity index (χ4v) is 2.47. The lowest BCUT2D eigenvalue weighted by Gasteiger charge is -2.17. The minimum Gasteiger partial charge on any atom is -0.379 e. The first kappa shape index (κ1) is 19.1. The highest BCUT2D eigenvalue weighted by Crippen LogP contribution is 2.13. The Morgan fingerprint density at radius 1 is 0.909 bits per heavy atom. The largest absolute Gasteiger partial charge is 0.379 e. The van der Waals surface area contributed by atoms with Gasteiger partial charge in [0.25, 0.3) is 10.1 Å². The van der Waals surface area contributed by atoms with Crippen molar-refractivity contribution < 1.29 is 22.1 Å². The quantitative estimate of drug-likeness (QED) is 0.515. The summed E-state index contributed by atoms with van der Waals surface area (Å²) in [6.45, 7) is 9.96. The highest BCUT2D eigenvalue weighted by Gasteiger charge is 2.14. The van der Waals surface area contributed by atoms with Crippen molar-refractivity contribution in [2.45, 2.75) is 32.6 Å². The van der Waals surface area contributed by atoms with E-state index in [9.17, 15) is 8.42 Å². The van der Waals surface area contributed by atoms with Gasteiger partial charge in [0, 0.05) is 0 Å².